The number of hydrogen-bond donors (Lipinski definition) is 2. The number of rotatable bonds is 6. The molecule has 0 saturated carbocycles. The van der Waals surface area contributed by atoms with Crippen molar-refractivity contribution in [3.05, 3.63) is 57.6 Å². The van der Waals surface area contributed by atoms with Crippen LogP contribution in [0.5, 0.6) is 0 Å². The van der Waals surface area contributed by atoms with E-state index < -0.39 is 16.1 Å². The lowest BCUT2D eigenvalue weighted by Crippen LogP contribution is -2.30. The third kappa shape index (κ3) is 4.34. The highest BCUT2D eigenvalue weighted by Crippen LogP contribution is 2.29. The van der Waals surface area contributed by atoms with Crippen LogP contribution in [0.1, 0.15) is 39.5 Å². The molecule has 5 nitrogen and oxygen atoms in total. The van der Waals surface area contributed by atoms with Gasteiger partial charge >= 0.3 is 0 Å². The topological polar surface area (TPSA) is 69.6 Å². The van der Waals surface area contributed by atoms with Gasteiger partial charge in [-0.25, -0.2) is 13.1 Å². The number of nitrogens with zero attached hydrogens (tertiary/aromatic N) is 1. The van der Waals surface area contributed by atoms with Crippen LogP contribution in [0.3, 0.4) is 0 Å². The highest BCUT2D eigenvalue weighted by atomic mass is 32.2. The van der Waals surface area contributed by atoms with Crippen molar-refractivity contribution >= 4 is 15.7 Å². The molecular weight excluding hydrogens is 360 g/mol. The first-order chi connectivity index (χ1) is 12.5. The maximum absolute atomic E-state index is 12.9. The Hall–Kier alpha value is -1.89. The predicted octanol–water partition coefficient (Wildman–Crippen LogP) is 3.31. The van der Waals surface area contributed by atoms with Crippen LogP contribution in [0.15, 0.2) is 29.2 Å². The number of benzene rings is 2. The minimum Gasteiger partial charge on any atom is -0.387 e. The minimum atomic E-state index is -3.73. The van der Waals surface area contributed by atoms with Gasteiger partial charge in [-0.3, -0.25) is 0 Å². The zero-order valence-corrected chi connectivity index (χ0v) is 18.0. The van der Waals surface area contributed by atoms with Crippen molar-refractivity contribution in [3.63, 3.8) is 0 Å². The van der Waals surface area contributed by atoms with Gasteiger partial charge in [-0.15, -0.1) is 0 Å². The third-order valence-corrected chi connectivity index (χ3v) is 7.16. The molecule has 0 saturated heterocycles. The normalized spacial score (nSPS) is 12.9. The SMILES string of the molecule is Cc1c(C)c(C)c(S(=O)(=O)NCC(O)c2ccc(N(C)C)cc2)c(C)c1C. The van der Waals surface area contributed by atoms with Crippen LogP contribution in [-0.4, -0.2) is 34.2 Å². The largest absolute Gasteiger partial charge is 0.387 e. The number of hydrogen-bond acceptors (Lipinski definition) is 4. The summed E-state index contributed by atoms with van der Waals surface area (Å²) in [4.78, 5) is 2.28. The summed E-state index contributed by atoms with van der Waals surface area (Å²) in [7, 11) is 0.154. The van der Waals surface area contributed by atoms with Crippen molar-refractivity contribution in [2.75, 3.05) is 25.5 Å². The highest BCUT2D eigenvalue weighted by Gasteiger charge is 2.24. The first kappa shape index (κ1) is 21.4. The molecule has 0 aliphatic heterocycles. The molecule has 6 heteroatoms. The number of sulfonamides is 1. The summed E-state index contributed by atoms with van der Waals surface area (Å²) < 4.78 is 28.5. The predicted molar refractivity (Wildman–Crippen MR) is 111 cm³/mol. The molecule has 1 unspecified atom stereocenters. The molecule has 0 amide bonds. The van der Waals surface area contributed by atoms with Crippen molar-refractivity contribution in [2.24, 2.45) is 0 Å². The summed E-state index contributed by atoms with van der Waals surface area (Å²) in [6, 6.07) is 7.41. The van der Waals surface area contributed by atoms with Crippen molar-refractivity contribution in [2.45, 2.75) is 45.6 Å². The van der Waals surface area contributed by atoms with Gasteiger partial charge in [0, 0.05) is 26.3 Å². The Bertz CT molecular complexity index is 904. The Kier molecular flexibility index (Phi) is 6.35. The second kappa shape index (κ2) is 8.00. The number of anilines is 1. The molecule has 0 radical (unpaired) electrons. The summed E-state index contributed by atoms with van der Waals surface area (Å²) in [5.41, 5.74) is 6.29. The molecule has 1 atom stereocenters. The molecule has 148 valence electrons. The van der Waals surface area contributed by atoms with E-state index in [0.717, 1.165) is 33.5 Å². The van der Waals surface area contributed by atoms with E-state index in [4.69, 9.17) is 0 Å². The summed E-state index contributed by atoms with van der Waals surface area (Å²) in [6.45, 7) is 9.48. The molecule has 0 bridgehead atoms. The minimum absolute atomic E-state index is 0.0749. The van der Waals surface area contributed by atoms with E-state index in [1.807, 2.05) is 77.9 Å². The van der Waals surface area contributed by atoms with Gasteiger partial charge in [-0.2, -0.15) is 0 Å². The molecular formula is C21H30N2O3S. The van der Waals surface area contributed by atoms with Crippen molar-refractivity contribution in [3.8, 4) is 0 Å². The summed E-state index contributed by atoms with van der Waals surface area (Å²) in [5, 5.41) is 10.4. The molecule has 2 aromatic rings. The van der Waals surface area contributed by atoms with E-state index in [1.165, 1.54) is 0 Å². The van der Waals surface area contributed by atoms with Gasteiger partial charge in [0.1, 0.15) is 0 Å². The molecule has 0 spiro atoms. The summed E-state index contributed by atoms with van der Waals surface area (Å²) in [5.74, 6) is 0. The van der Waals surface area contributed by atoms with Gasteiger partial charge < -0.3 is 10.0 Å². The Balaban J connectivity index is 2.25. The smallest absolute Gasteiger partial charge is 0.241 e. The molecule has 27 heavy (non-hydrogen) atoms. The van der Waals surface area contributed by atoms with Gasteiger partial charge in [0.25, 0.3) is 0 Å². The lowest BCUT2D eigenvalue weighted by Gasteiger charge is -2.20. The third-order valence-electron chi connectivity index (χ3n) is 5.46. The fourth-order valence-corrected chi connectivity index (χ4v) is 4.88. The van der Waals surface area contributed by atoms with Gasteiger partial charge in [-0.05, 0) is 80.1 Å². The van der Waals surface area contributed by atoms with Crippen LogP contribution in [0.2, 0.25) is 0 Å². The average molecular weight is 391 g/mol. The van der Waals surface area contributed by atoms with E-state index in [-0.39, 0.29) is 6.54 Å². The van der Waals surface area contributed by atoms with E-state index in [2.05, 4.69) is 4.72 Å². The molecule has 0 fully saturated rings. The van der Waals surface area contributed by atoms with E-state index in [1.54, 1.807) is 0 Å². The van der Waals surface area contributed by atoms with Crippen LogP contribution in [-0.2, 0) is 10.0 Å². The standard InChI is InChI=1S/C21H30N2O3S/c1-13-14(2)16(4)21(17(5)15(13)3)27(25,26)22-12-20(24)18-8-10-19(11-9-18)23(6)7/h8-11,20,22,24H,12H2,1-7H3. The van der Waals surface area contributed by atoms with Crippen LogP contribution in [0, 0.1) is 34.6 Å². The van der Waals surface area contributed by atoms with Crippen molar-refractivity contribution in [1.82, 2.24) is 4.72 Å². The monoisotopic (exact) mass is 390 g/mol. The van der Waals surface area contributed by atoms with Gasteiger partial charge in [-0.1, -0.05) is 12.1 Å². The zero-order chi connectivity index (χ0) is 20.5. The quantitative estimate of drug-likeness (QED) is 0.794. The molecule has 0 aliphatic carbocycles. The lowest BCUT2D eigenvalue weighted by atomic mass is 9.95. The Labute approximate surface area is 163 Å². The van der Waals surface area contributed by atoms with E-state index >= 15 is 0 Å². The van der Waals surface area contributed by atoms with E-state index in [9.17, 15) is 13.5 Å². The molecule has 2 N–H and O–H groups in total. The Morgan fingerprint density at radius 3 is 1.78 bits per heavy atom. The first-order valence-electron chi connectivity index (χ1n) is 8.99. The average Bonchev–Trinajstić information content (AvgIpc) is 2.63. The molecule has 2 aromatic carbocycles. The van der Waals surface area contributed by atoms with Crippen molar-refractivity contribution < 1.29 is 13.5 Å². The zero-order valence-electron chi connectivity index (χ0n) is 17.2. The lowest BCUT2D eigenvalue weighted by molar-refractivity contribution is 0.182. The fourth-order valence-electron chi connectivity index (χ4n) is 3.24. The molecule has 0 aromatic heterocycles. The molecule has 2 rings (SSSR count). The number of aliphatic hydroxyl groups excluding tert-OH is 1. The molecule has 0 aliphatic rings. The maximum Gasteiger partial charge on any atom is 0.241 e. The first-order valence-corrected chi connectivity index (χ1v) is 10.5. The van der Waals surface area contributed by atoms with Crippen LogP contribution < -0.4 is 9.62 Å². The summed E-state index contributed by atoms with van der Waals surface area (Å²) >= 11 is 0. The highest BCUT2D eigenvalue weighted by molar-refractivity contribution is 7.89. The Morgan fingerprint density at radius 1 is 0.889 bits per heavy atom. The van der Waals surface area contributed by atoms with Crippen molar-refractivity contribution in [1.29, 1.82) is 0 Å². The van der Waals surface area contributed by atoms with E-state index in [0.29, 0.717) is 10.5 Å². The van der Waals surface area contributed by atoms with Crippen LogP contribution in [0.25, 0.3) is 0 Å². The Morgan fingerprint density at radius 2 is 1.33 bits per heavy atom. The van der Waals surface area contributed by atoms with Gasteiger partial charge in [0.2, 0.25) is 10.0 Å². The summed E-state index contributed by atoms with van der Waals surface area (Å²) in [6.07, 6.45) is -0.913. The van der Waals surface area contributed by atoms with Gasteiger partial charge in [0.05, 0.1) is 11.0 Å². The fraction of sp³-hybridized carbons (Fsp3) is 0.429. The second-order valence-electron chi connectivity index (χ2n) is 7.31. The van der Waals surface area contributed by atoms with Crippen LogP contribution in [0.4, 0.5) is 5.69 Å². The molecule has 0 heterocycles. The number of aliphatic hydroxyl groups is 1. The van der Waals surface area contributed by atoms with Crippen LogP contribution >= 0.6 is 0 Å². The maximum atomic E-state index is 12.9. The second-order valence-corrected chi connectivity index (χ2v) is 9.01. The van der Waals surface area contributed by atoms with Gasteiger partial charge in [0.15, 0.2) is 0 Å². The number of nitrogens with one attached hydrogen (secondary N) is 1.